The van der Waals surface area contributed by atoms with E-state index >= 15 is 0 Å². The summed E-state index contributed by atoms with van der Waals surface area (Å²) in [6.45, 7) is 2.67. The van der Waals surface area contributed by atoms with Gasteiger partial charge in [0, 0.05) is 37.6 Å². The summed E-state index contributed by atoms with van der Waals surface area (Å²) < 4.78 is 12.6. The second-order valence-corrected chi connectivity index (χ2v) is 8.47. The van der Waals surface area contributed by atoms with Gasteiger partial charge in [-0.25, -0.2) is 4.98 Å². The number of carbonyl (C=O) groups excluding carboxylic acids is 1. The fourth-order valence-electron chi connectivity index (χ4n) is 3.75. The Hall–Kier alpha value is -3.58. The van der Waals surface area contributed by atoms with Crippen LogP contribution in [0.3, 0.4) is 0 Å². The number of amides is 1. The van der Waals surface area contributed by atoms with E-state index in [-0.39, 0.29) is 5.91 Å². The maximum absolute atomic E-state index is 12.1. The molecular weight excluding hydrogens is 440 g/mol. The summed E-state index contributed by atoms with van der Waals surface area (Å²) in [7, 11) is 5.44. The monoisotopic (exact) mass is 476 g/mol. The quantitative estimate of drug-likeness (QED) is 0.350. The average molecular weight is 477 g/mol. The highest BCUT2D eigenvalue weighted by atomic mass is 16.5. The Morgan fingerprint density at radius 1 is 1.06 bits per heavy atom. The summed E-state index contributed by atoms with van der Waals surface area (Å²) >= 11 is 0. The van der Waals surface area contributed by atoms with Crippen LogP contribution in [0, 0.1) is 0 Å². The van der Waals surface area contributed by atoms with Crippen molar-refractivity contribution in [3.8, 4) is 17.2 Å². The highest BCUT2D eigenvalue weighted by Gasteiger charge is 2.06. The number of likely N-dealkylation sites (N-methyl/N-ethyl adjacent to an activating group) is 1. The molecule has 35 heavy (non-hydrogen) atoms. The van der Waals surface area contributed by atoms with E-state index in [0.29, 0.717) is 13.0 Å². The Kier molecular flexibility index (Phi) is 10.4. The van der Waals surface area contributed by atoms with Crippen LogP contribution in [0.1, 0.15) is 30.4 Å². The van der Waals surface area contributed by atoms with E-state index in [9.17, 15) is 4.79 Å². The van der Waals surface area contributed by atoms with Crippen molar-refractivity contribution in [1.29, 1.82) is 0 Å². The van der Waals surface area contributed by atoms with E-state index in [1.165, 1.54) is 5.56 Å². The number of hydrogen-bond donors (Lipinski definition) is 1. The number of rotatable bonds is 14. The standard InChI is InChI=1S/C28H36N4O3/c1-31(19-15-24-11-14-26(34-2)27(21-24)35-3)18-5-4-16-30-28(33)8-6-7-23-9-12-25(13-10-23)32-20-17-29-22-32/h6-7,9-14,17,20-22H,4-5,8,15-16,18-19H2,1-3H3,(H,30,33)/b7-6+. The lowest BCUT2D eigenvalue weighted by Gasteiger charge is -2.17. The predicted octanol–water partition coefficient (Wildman–Crippen LogP) is 4.36. The van der Waals surface area contributed by atoms with Crippen LogP contribution < -0.4 is 14.8 Å². The van der Waals surface area contributed by atoms with E-state index in [1.54, 1.807) is 26.7 Å². The van der Waals surface area contributed by atoms with Crippen LogP contribution in [0.25, 0.3) is 11.8 Å². The minimum Gasteiger partial charge on any atom is -0.493 e. The van der Waals surface area contributed by atoms with E-state index in [1.807, 2.05) is 59.3 Å². The number of ether oxygens (including phenoxy) is 2. The molecule has 1 amide bonds. The SMILES string of the molecule is COc1ccc(CCN(C)CCCCNC(=O)C/C=C/c2ccc(-n3ccnc3)cc2)cc1OC. The second-order valence-electron chi connectivity index (χ2n) is 8.47. The lowest BCUT2D eigenvalue weighted by atomic mass is 10.1. The minimum atomic E-state index is 0.0538. The van der Waals surface area contributed by atoms with Crippen LogP contribution in [0.2, 0.25) is 0 Å². The fourth-order valence-corrected chi connectivity index (χ4v) is 3.75. The second kappa shape index (κ2) is 14.0. The van der Waals surface area contributed by atoms with Gasteiger partial charge in [-0.2, -0.15) is 0 Å². The van der Waals surface area contributed by atoms with E-state index < -0.39 is 0 Å². The summed E-state index contributed by atoms with van der Waals surface area (Å²) in [5, 5.41) is 3.01. The first kappa shape index (κ1) is 26.0. The van der Waals surface area contributed by atoms with Crippen molar-refractivity contribution in [2.75, 3.05) is 40.9 Å². The molecule has 0 fully saturated rings. The van der Waals surface area contributed by atoms with Gasteiger partial charge >= 0.3 is 0 Å². The van der Waals surface area contributed by atoms with Gasteiger partial charge in [0.05, 0.1) is 20.5 Å². The molecule has 7 nitrogen and oxygen atoms in total. The maximum atomic E-state index is 12.1. The highest BCUT2D eigenvalue weighted by Crippen LogP contribution is 2.27. The number of nitrogens with zero attached hydrogens (tertiary/aromatic N) is 3. The molecular formula is C28H36N4O3. The first-order chi connectivity index (χ1) is 17.1. The number of methoxy groups -OCH3 is 2. The van der Waals surface area contributed by atoms with E-state index in [2.05, 4.69) is 28.3 Å². The largest absolute Gasteiger partial charge is 0.493 e. The maximum Gasteiger partial charge on any atom is 0.223 e. The van der Waals surface area contributed by atoms with Gasteiger partial charge in [-0.05, 0) is 68.2 Å². The number of hydrogen-bond acceptors (Lipinski definition) is 5. The molecule has 0 radical (unpaired) electrons. The molecule has 0 aliphatic carbocycles. The van der Waals surface area contributed by atoms with Crippen LogP contribution in [0.15, 0.2) is 67.3 Å². The lowest BCUT2D eigenvalue weighted by molar-refractivity contribution is -0.120. The fraction of sp³-hybridized carbons (Fsp3) is 0.357. The normalized spacial score (nSPS) is 11.2. The molecule has 186 valence electrons. The van der Waals surface area contributed by atoms with Gasteiger partial charge in [-0.1, -0.05) is 30.4 Å². The lowest BCUT2D eigenvalue weighted by Crippen LogP contribution is -2.26. The Morgan fingerprint density at radius 2 is 1.86 bits per heavy atom. The summed E-state index contributed by atoms with van der Waals surface area (Å²) in [5.41, 5.74) is 3.35. The van der Waals surface area contributed by atoms with E-state index in [0.717, 1.165) is 55.1 Å². The Balaban J connectivity index is 1.26. The summed E-state index contributed by atoms with van der Waals surface area (Å²) in [6.07, 6.45) is 12.7. The Bertz CT molecular complexity index is 1060. The van der Waals surface area contributed by atoms with Crippen LogP contribution in [0.4, 0.5) is 0 Å². The van der Waals surface area contributed by atoms with Gasteiger partial charge in [-0.15, -0.1) is 0 Å². The van der Waals surface area contributed by atoms with Gasteiger partial charge in [-0.3, -0.25) is 4.79 Å². The number of carbonyl (C=O) groups is 1. The number of aromatic nitrogens is 2. The molecule has 2 aromatic carbocycles. The van der Waals surface area contributed by atoms with Crippen molar-refractivity contribution in [1.82, 2.24) is 19.8 Å². The zero-order valence-corrected chi connectivity index (χ0v) is 20.9. The van der Waals surface area contributed by atoms with Crippen molar-refractivity contribution >= 4 is 12.0 Å². The molecule has 7 heteroatoms. The molecule has 1 N–H and O–H groups in total. The van der Waals surface area contributed by atoms with Gasteiger partial charge in [0.25, 0.3) is 0 Å². The molecule has 0 aliphatic heterocycles. The Morgan fingerprint density at radius 3 is 2.57 bits per heavy atom. The van der Waals surface area contributed by atoms with Crippen molar-refractivity contribution in [3.63, 3.8) is 0 Å². The number of unbranched alkanes of at least 4 members (excludes halogenated alkanes) is 1. The third-order valence-electron chi connectivity index (χ3n) is 5.83. The molecule has 0 bridgehead atoms. The smallest absolute Gasteiger partial charge is 0.223 e. The van der Waals surface area contributed by atoms with Gasteiger partial charge in [0.15, 0.2) is 11.5 Å². The summed E-state index contributed by atoms with van der Waals surface area (Å²) in [5.74, 6) is 1.57. The summed E-state index contributed by atoms with van der Waals surface area (Å²) in [4.78, 5) is 18.5. The first-order valence-corrected chi connectivity index (χ1v) is 12.0. The van der Waals surface area contributed by atoms with Crippen molar-refractivity contribution < 1.29 is 14.3 Å². The van der Waals surface area contributed by atoms with E-state index in [4.69, 9.17) is 9.47 Å². The predicted molar refractivity (Wildman–Crippen MR) is 140 cm³/mol. The topological polar surface area (TPSA) is 68.6 Å². The van der Waals surface area contributed by atoms with Crippen molar-refractivity contribution in [2.45, 2.75) is 25.7 Å². The summed E-state index contributed by atoms with van der Waals surface area (Å²) in [6, 6.07) is 14.2. The zero-order chi connectivity index (χ0) is 24.9. The molecule has 1 heterocycles. The van der Waals surface area contributed by atoms with Crippen LogP contribution in [-0.4, -0.2) is 61.3 Å². The number of nitrogens with one attached hydrogen (secondary N) is 1. The number of benzene rings is 2. The van der Waals surface area contributed by atoms with Gasteiger partial charge in [0.1, 0.15) is 0 Å². The molecule has 1 aromatic heterocycles. The molecule has 0 aliphatic rings. The zero-order valence-electron chi connectivity index (χ0n) is 20.9. The Labute approximate surface area is 208 Å². The third kappa shape index (κ3) is 8.61. The van der Waals surface area contributed by atoms with Crippen LogP contribution in [0.5, 0.6) is 11.5 Å². The van der Waals surface area contributed by atoms with Gasteiger partial charge < -0.3 is 24.3 Å². The third-order valence-corrected chi connectivity index (χ3v) is 5.83. The van der Waals surface area contributed by atoms with Crippen molar-refractivity contribution in [3.05, 3.63) is 78.4 Å². The van der Waals surface area contributed by atoms with Crippen LogP contribution in [-0.2, 0) is 11.2 Å². The first-order valence-electron chi connectivity index (χ1n) is 12.0. The van der Waals surface area contributed by atoms with Crippen molar-refractivity contribution in [2.24, 2.45) is 0 Å². The number of imidazole rings is 1. The molecule has 0 saturated heterocycles. The molecule has 0 unspecified atom stereocenters. The van der Waals surface area contributed by atoms with Crippen LogP contribution >= 0.6 is 0 Å². The molecule has 3 rings (SSSR count). The van der Waals surface area contributed by atoms with Gasteiger partial charge in [0.2, 0.25) is 5.91 Å². The molecule has 3 aromatic rings. The molecule has 0 spiro atoms. The average Bonchev–Trinajstić information content (AvgIpc) is 3.42. The highest BCUT2D eigenvalue weighted by molar-refractivity contribution is 5.78. The molecule has 0 saturated carbocycles. The minimum absolute atomic E-state index is 0.0538. The molecule has 0 atom stereocenters.